The van der Waals surface area contributed by atoms with Crippen LogP contribution >= 0.6 is 11.3 Å². The summed E-state index contributed by atoms with van der Waals surface area (Å²) in [6.45, 7) is 2.26. The van der Waals surface area contributed by atoms with Gasteiger partial charge in [0.2, 0.25) is 0 Å². The van der Waals surface area contributed by atoms with E-state index >= 15 is 0 Å². The quantitative estimate of drug-likeness (QED) is 0.145. The topological polar surface area (TPSA) is 9.86 Å². The lowest BCUT2D eigenvalue weighted by molar-refractivity contribution is 0.795. The molecule has 0 fully saturated rings. The Hall–Kier alpha value is -7.20. The summed E-state index contributed by atoms with van der Waals surface area (Å²) >= 11 is 1.87. The molecule has 2 nitrogen and oxygen atoms in total. The molecular formula is C58H42N2S. The number of benzene rings is 9. The third kappa shape index (κ3) is 5.99. The molecule has 9 aromatic carbocycles. The minimum absolute atomic E-state index is 1.13. The van der Waals surface area contributed by atoms with E-state index in [0.29, 0.717) is 0 Å². The lowest BCUT2D eigenvalue weighted by Gasteiger charge is -2.11. The van der Waals surface area contributed by atoms with E-state index in [4.69, 9.17) is 0 Å². The number of para-hydroxylation sites is 2. The van der Waals surface area contributed by atoms with Gasteiger partial charge in [0.15, 0.2) is 0 Å². The molecule has 0 atom stereocenters. The molecular weight excluding hydrogens is 757 g/mol. The number of aryl methyl sites for hydroxylation is 1. The molecule has 0 aliphatic carbocycles. The lowest BCUT2D eigenvalue weighted by Crippen LogP contribution is -1.94. The Balaban J connectivity index is 0.929. The largest absolute Gasteiger partial charge is 0.309 e. The van der Waals surface area contributed by atoms with Gasteiger partial charge in [-0.1, -0.05) is 135 Å². The van der Waals surface area contributed by atoms with Crippen molar-refractivity contribution in [1.29, 1.82) is 0 Å². The fourth-order valence-electron chi connectivity index (χ4n) is 9.68. The van der Waals surface area contributed by atoms with E-state index in [2.05, 4.69) is 216 Å². The Labute approximate surface area is 359 Å². The maximum absolute atomic E-state index is 2.43. The first-order valence-corrected chi connectivity index (χ1v) is 22.3. The number of fused-ring (bicyclic) bond motifs is 9. The second kappa shape index (κ2) is 14.5. The summed E-state index contributed by atoms with van der Waals surface area (Å²) in [4.78, 5) is 0. The number of unbranched alkanes of at least 4 members (excludes halogenated alkanes) is 1. The van der Waals surface area contributed by atoms with Crippen molar-refractivity contribution in [2.45, 2.75) is 26.2 Å². The van der Waals surface area contributed by atoms with Crippen molar-refractivity contribution in [3.8, 4) is 44.8 Å². The Bertz CT molecular complexity index is 3630. The van der Waals surface area contributed by atoms with Gasteiger partial charge in [-0.2, -0.15) is 0 Å². The van der Waals surface area contributed by atoms with Crippen LogP contribution in [0, 0.1) is 0 Å². The standard InChI is InChI=1S/C58H42N2S/c1-2-3-12-38-13-10-14-40(33-38)39-23-28-45(29-24-39)59-53-20-7-4-17-47(53)50-35-42(25-30-55(50)59)43-26-31-56-51(36-43)48-18-5-8-21-54(48)60(56)46-16-11-15-41(34-46)44-27-32-58-52(37-44)49-19-6-9-22-57(49)61-58/h4-11,13-37H,2-3,12H2,1H3. The van der Waals surface area contributed by atoms with Gasteiger partial charge in [-0.05, 0) is 131 Å². The molecule has 0 N–H and O–H groups in total. The van der Waals surface area contributed by atoms with Crippen molar-refractivity contribution < 1.29 is 0 Å². The molecule has 0 bridgehead atoms. The highest BCUT2D eigenvalue weighted by Crippen LogP contribution is 2.40. The molecule has 0 spiro atoms. The Kier molecular flexibility index (Phi) is 8.50. The van der Waals surface area contributed by atoms with Crippen LogP contribution < -0.4 is 0 Å². The molecule has 3 aromatic heterocycles. The SMILES string of the molecule is CCCCc1cccc(-c2ccc(-n3c4ccccc4c4cc(-c5ccc6c(c5)c5ccccc5n6-c5cccc(-c6ccc7sc8ccccc8c7c6)c5)ccc43)cc2)c1. The molecule has 290 valence electrons. The molecule has 3 heterocycles. The van der Waals surface area contributed by atoms with Crippen molar-refractivity contribution in [3.63, 3.8) is 0 Å². The van der Waals surface area contributed by atoms with E-state index in [1.165, 1.54) is 121 Å². The smallest absolute Gasteiger partial charge is 0.0541 e. The van der Waals surface area contributed by atoms with E-state index in [0.717, 1.165) is 12.1 Å². The normalized spacial score (nSPS) is 11.9. The summed E-state index contributed by atoms with van der Waals surface area (Å²) in [6.07, 6.45) is 3.56. The number of hydrogen-bond acceptors (Lipinski definition) is 1. The molecule has 12 aromatic rings. The highest BCUT2D eigenvalue weighted by Gasteiger charge is 2.17. The van der Waals surface area contributed by atoms with E-state index < -0.39 is 0 Å². The second-order valence-electron chi connectivity index (χ2n) is 16.4. The maximum Gasteiger partial charge on any atom is 0.0541 e. The highest BCUT2D eigenvalue weighted by atomic mass is 32.1. The number of nitrogens with zero attached hydrogens (tertiary/aromatic N) is 2. The van der Waals surface area contributed by atoms with Crippen LogP contribution in [0.15, 0.2) is 200 Å². The maximum atomic E-state index is 2.43. The van der Waals surface area contributed by atoms with Crippen LogP contribution in [0.1, 0.15) is 25.3 Å². The fourth-order valence-corrected chi connectivity index (χ4v) is 10.8. The molecule has 0 radical (unpaired) electrons. The molecule has 0 amide bonds. The summed E-state index contributed by atoms with van der Waals surface area (Å²) in [6, 6.07) is 74.5. The van der Waals surface area contributed by atoms with Crippen LogP contribution in [0.5, 0.6) is 0 Å². The summed E-state index contributed by atoms with van der Waals surface area (Å²) in [7, 11) is 0. The number of thiophene rings is 1. The van der Waals surface area contributed by atoms with Crippen molar-refractivity contribution >= 4 is 75.1 Å². The van der Waals surface area contributed by atoms with E-state index in [1.54, 1.807) is 0 Å². The lowest BCUT2D eigenvalue weighted by atomic mass is 10.00. The summed E-state index contributed by atoms with van der Waals surface area (Å²) < 4.78 is 7.51. The van der Waals surface area contributed by atoms with Gasteiger partial charge >= 0.3 is 0 Å². The molecule has 12 rings (SSSR count). The third-order valence-electron chi connectivity index (χ3n) is 12.7. The highest BCUT2D eigenvalue weighted by molar-refractivity contribution is 7.25. The van der Waals surface area contributed by atoms with Gasteiger partial charge in [-0.25, -0.2) is 0 Å². The first-order chi connectivity index (χ1) is 30.2. The van der Waals surface area contributed by atoms with Crippen LogP contribution in [0.2, 0.25) is 0 Å². The molecule has 0 aliphatic rings. The second-order valence-corrected chi connectivity index (χ2v) is 17.5. The Morgan fingerprint density at radius 3 is 1.54 bits per heavy atom. The minimum Gasteiger partial charge on any atom is -0.309 e. The van der Waals surface area contributed by atoms with Crippen LogP contribution in [0.3, 0.4) is 0 Å². The molecule has 0 saturated heterocycles. The first-order valence-electron chi connectivity index (χ1n) is 21.5. The Morgan fingerprint density at radius 2 is 0.852 bits per heavy atom. The van der Waals surface area contributed by atoms with Crippen LogP contribution in [-0.4, -0.2) is 9.13 Å². The van der Waals surface area contributed by atoms with Gasteiger partial charge in [0.25, 0.3) is 0 Å². The summed E-state index contributed by atoms with van der Waals surface area (Å²) in [5.41, 5.74) is 16.0. The zero-order valence-corrected chi connectivity index (χ0v) is 34.8. The number of rotatable bonds is 8. The summed E-state index contributed by atoms with van der Waals surface area (Å²) in [5, 5.41) is 7.68. The minimum atomic E-state index is 1.13. The molecule has 61 heavy (non-hydrogen) atoms. The number of hydrogen-bond donors (Lipinski definition) is 0. The van der Waals surface area contributed by atoms with Crippen LogP contribution in [0.25, 0.3) is 109 Å². The van der Waals surface area contributed by atoms with E-state index in [-0.39, 0.29) is 0 Å². The van der Waals surface area contributed by atoms with Gasteiger partial charge in [0.05, 0.1) is 22.1 Å². The van der Waals surface area contributed by atoms with Gasteiger partial charge in [0, 0.05) is 53.1 Å². The monoisotopic (exact) mass is 798 g/mol. The summed E-state index contributed by atoms with van der Waals surface area (Å²) in [5.74, 6) is 0. The number of aromatic nitrogens is 2. The zero-order valence-electron chi connectivity index (χ0n) is 34.0. The van der Waals surface area contributed by atoms with Gasteiger partial charge in [-0.15, -0.1) is 11.3 Å². The van der Waals surface area contributed by atoms with E-state index in [1.807, 2.05) is 11.3 Å². The third-order valence-corrected chi connectivity index (χ3v) is 13.8. The molecule has 3 heteroatoms. The predicted molar refractivity (Wildman–Crippen MR) is 263 cm³/mol. The van der Waals surface area contributed by atoms with Gasteiger partial charge in [-0.3, -0.25) is 0 Å². The van der Waals surface area contributed by atoms with Crippen LogP contribution in [-0.2, 0) is 6.42 Å². The molecule has 0 aliphatic heterocycles. The average molecular weight is 799 g/mol. The van der Waals surface area contributed by atoms with Crippen molar-refractivity contribution in [1.82, 2.24) is 9.13 Å². The average Bonchev–Trinajstić information content (AvgIpc) is 3.98. The van der Waals surface area contributed by atoms with Crippen LogP contribution in [0.4, 0.5) is 0 Å². The predicted octanol–water partition coefficient (Wildman–Crippen LogP) is 16.6. The van der Waals surface area contributed by atoms with Crippen molar-refractivity contribution in [3.05, 3.63) is 206 Å². The fraction of sp³-hybridized carbons (Fsp3) is 0.0690. The van der Waals surface area contributed by atoms with Crippen molar-refractivity contribution in [2.75, 3.05) is 0 Å². The van der Waals surface area contributed by atoms with Gasteiger partial charge < -0.3 is 9.13 Å². The van der Waals surface area contributed by atoms with Crippen molar-refractivity contribution in [2.24, 2.45) is 0 Å². The molecule has 0 unspecified atom stereocenters. The Morgan fingerprint density at radius 1 is 0.344 bits per heavy atom. The van der Waals surface area contributed by atoms with Gasteiger partial charge in [0.1, 0.15) is 0 Å². The van der Waals surface area contributed by atoms with E-state index in [9.17, 15) is 0 Å². The first kappa shape index (κ1) is 35.7. The molecule has 0 saturated carbocycles. The zero-order chi connectivity index (χ0) is 40.4.